The molecule has 5 nitrogen and oxygen atoms in total. The van der Waals surface area contributed by atoms with Gasteiger partial charge in [-0.1, -0.05) is 25.1 Å². The van der Waals surface area contributed by atoms with Crippen molar-refractivity contribution in [2.24, 2.45) is 11.8 Å². The molecule has 20 heavy (non-hydrogen) atoms. The van der Waals surface area contributed by atoms with E-state index in [0.29, 0.717) is 26.1 Å². The van der Waals surface area contributed by atoms with Crippen molar-refractivity contribution >= 4 is 11.9 Å². The lowest BCUT2D eigenvalue weighted by Crippen LogP contribution is -2.36. The fourth-order valence-electron chi connectivity index (χ4n) is 2.28. The zero-order valence-electron chi connectivity index (χ0n) is 11.5. The van der Waals surface area contributed by atoms with Gasteiger partial charge in [-0.3, -0.25) is 9.59 Å². The molecule has 1 aliphatic rings. The second kappa shape index (κ2) is 6.41. The highest BCUT2D eigenvalue weighted by Gasteiger charge is 2.32. The van der Waals surface area contributed by atoms with Crippen LogP contribution in [-0.2, 0) is 9.59 Å². The van der Waals surface area contributed by atoms with Gasteiger partial charge in [-0.25, -0.2) is 0 Å². The summed E-state index contributed by atoms with van der Waals surface area (Å²) < 4.78 is 5.56. The summed E-state index contributed by atoms with van der Waals surface area (Å²) in [5.74, 6) is -0.834. The molecule has 0 aromatic heterocycles. The predicted molar refractivity (Wildman–Crippen MR) is 73.4 cm³/mol. The number of hydrogen-bond donors (Lipinski definition) is 1. The fourth-order valence-corrected chi connectivity index (χ4v) is 2.28. The van der Waals surface area contributed by atoms with E-state index in [1.165, 1.54) is 0 Å². The minimum Gasteiger partial charge on any atom is -0.493 e. The molecule has 0 aliphatic carbocycles. The lowest BCUT2D eigenvalue weighted by Gasteiger charge is -2.20. The van der Waals surface area contributed by atoms with Gasteiger partial charge in [-0.2, -0.15) is 0 Å². The number of carbonyl (C=O) groups is 2. The largest absolute Gasteiger partial charge is 0.493 e. The normalized spacial score (nSPS) is 19.6. The van der Waals surface area contributed by atoms with E-state index in [9.17, 15) is 9.59 Å². The van der Waals surface area contributed by atoms with Crippen molar-refractivity contribution in [2.75, 3.05) is 19.7 Å². The van der Waals surface area contributed by atoms with Crippen molar-refractivity contribution in [3.05, 3.63) is 30.3 Å². The van der Waals surface area contributed by atoms with E-state index in [0.717, 1.165) is 5.75 Å². The van der Waals surface area contributed by atoms with E-state index in [-0.39, 0.29) is 11.8 Å². The summed E-state index contributed by atoms with van der Waals surface area (Å²) in [5, 5.41) is 8.94. The molecule has 0 spiro atoms. The van der Waals surface area contributed by atoms with Gasteiger partial charge >= 0.3 is 5.97 Å². The maximum atomic E-state index is 12.2. The summed E-state index contributed by atoms with van der Waals surface area (Å²) in [6.07, 6.45) is 0.535. The Labute approximate surface area is 118 Å². The smallest absolute Gasteiger partial charge is 0.308 e. The van der Waals surface area contributed by atoms with Gasteiger partial charge in [0.15, 0.2) is 0 Å². The van der Waals surface area contributed by atoms with E-state index in [1.54, 1.807) is 11.8 Å². The molecule has 1 aromatic carbocycles. The van der Waals surface area contributed by atoms with Crippen LogP contribution in [0.2, 0.25) is 0 Å². The Kier molecular flexibility index (Phi) is 4.61. The number of hydrogen-bond acceptors (Lipinski definition) is 3. The molecule has 1 N–H and O–H groups in total. The average Bonchev–Trinajstić information content (AvgIpc) is 2.95. The number of nitrogens with zero attached hydrogens (tertiary/aromatic N) is 1. The third-order valence-electron chi connectivity index (χ3n) is 3.51. The lowest BCUT2D eigenvalue weighted by atomic mass is 10.1. The number of rotatable bonds is 5. The van der Waals surface area contributed by atoms with Gasteiger partial charge in [-0.15, -0.1) is 0 Å². The summed E-state index contributed by atoms with van der Waals surface area (Å²) in [4.78, 5) is 24.7. The molecule has 1 aromatic rings. The van der Waals surface area contributed by atoms with Crippen LogP contribution in [0.3, 0.4) is 0 Å². The molecule has 0 saturated carbocycles. The number of carboxylic acid groups (broad SMARTS) is 1. The highest BCUT2D eigenvalue weighted by Crippen LogP contribution is 2.19. The Morgan fingerprint density at radius 3 is 2.70 bits per heavy atom. The average molecular weight is 277 g/mol. The molecular formula is C15H19NO4. The van der Waals surface area contributed by atoms with Crippen LogP contribution in [0.1, 0.15) is 13.3 Å². The van der Waals surface area contributed by atoms with Crippen LogP contribution in [0.15, 0.2) is 30.3 Å². The number of aliphatic carboxylic acids is 1. The molecule has 2 atom stereocenters. The van der Waals surface area contributed by atoms with Crippen LogP contribution in [0.4, 0.5) is 0 Å². The SMILES string of the molecule is C[C@@H](COc1ccccc1)C(=O)N1CC[C@H](C(=O)O)C1. The first-order chi connectivity index (χ1) is 9.58. The van der Waals surface area contributed by atoms with Crippen molar-refractivity contribution in [1.29, 1.82) is 0 Å². The molecule has 108 valence electrons. The summed E-state index contributed by atoms with van der Waals surface area (Å²) >= 11 is 0. The summed E-state index contributed by atoms with van der Waals surface area (Å²) in [5.41, 5.74) is 0. The topological polar surface area (TPSA) is 66.8 Å². The molecule has 2 rings (SSSR count). The quantitative estimate of drug-likeness (QED) is 0.888. The highest BCUT2D eigenvalue weighted by atomic mass is 16.5. The Balaban J connectivity index is 1.82. The van der Waals surface area contributed by atoms with E-state index < -0.39 is 11.9 Å². The first-order valence-electron chi connectivity index (χ1n) is 6.77. The van der Waals surface area contributed by atoms with Gasteiger partial charge in [0.05, 0.1) is 18.4 Å². The second-order valence-electron chi connectivity index (χ2n) is 5.13. The zero-order chi connectivity index (χ0) is 14.5. The molecule has 0 radical (unpaired) electrons. The summed E-state index contributed by atoms with van der Waals surface area (Å²) in [6.45, 7) is 2.94. The van der Waals surface area contributed by atoms with Crippen molar-refractivity contribution in [3.8, 4) is 5.75 Å². The third-order valence-corrected chi connectivity index (χ3v) is 3.51. The van der Waals surface area contributed by atoms with Crippen LogP contribution in [0.5, 0.6) is 5.75 Å². The molecule has 1 saturated heterocycles. The van der Waals surface area contributed by atoms with Crippen molar-refractivity contribution in [1.82, 2.24) is 4.90 Å². The van der Waals surface area contributed by atoms with Crippen molar-refractivity contribution in [2.45, 2.75) is 13.3 Å². The van der Waals surface area contributed by atoms with Gasteiger partial charge in [0.1, 0.15) is 5.75 Å². The van der Waals surface area contributed by atoms with E-state index in [2.05, 4.69) is 0 Å². The van der Waals surface area contributed by atoms with Gasteiger partial charge < -0.3 is 14.7 Å². The monoisotopic (exact) mass is 277 g/mol. The van der Waals surface area contributed by atoms with Crippen LogP contribution in [0, 0.1) is 11.8 Å². The molecule has 0 bridgehead atoms. The molecule has 1 fully saturated rings. The Hall–Kier alpha value is -2.04. The maximum absolute atomic E-state index is 12.2. The molecule has 1 amide bonds. The second-order valence-corrected chi connectivity index (χ2v) is 5.13. The number of carboxylic acids is 1. The number of amides is 1. The maximum Gasteiger partial charge on any atom is 0.308 e. The fraction of sp³-hybridized carbons (Fsp3) is 0.467. The van der Waals surface area contributed by atoms with Crippen LogP contribution >= 0.6 is 0 Å². The van der Waals surface area contributed by atoms with E-state index in [4.69, 9.17) is 9.84 Å². The Morgan fingerprint density at radius 2 is 2.10 bits per heavy atom. The number of ether oxygens (including phenoxy) is 1. The van der Waals surface area contributed by atoms with Gasteiger partial charge in [0, 0.05) is 13.1 Å². The van der Waals surface area contributed by atoms with E-state index >= 15 is 0 Å². The predicted octanol–water partition coefficient (Wildman–Crippen LogP) is 1.63. The number of benzene rings is 1. The number of carbonyl (C=O) groups excluding carboxylic acids is 1. The van der Waals surface area contributed by atoms with Crippen LogP contribution in [0.25, 0.3) is 0 Å². The molecular weight excluding hydrogens is 258 g/mol. The minimum atomic E-state index is -0.825. The lowest BCUT2D eigenvalue weighted by molar-refractivity contribution is -0.141. The van der Waals surface area contributed by atoms with Crippen molar-refractivity contribution in [3.63, 3.8) is 0 Å². The summed E-state index contributed by atoms with van der Waals surface area (Å²) in [7, 11) is 0. The highest BCUT2D eigenvalue weighted by molar-refractivity contribution is 5.80. The Bertz CT molecular complexity index is 474. The molecule has 1 heterocycles. The number of para-hydroxylation sites is 1. The first-order valence-corrected chi connectivity index (χ1v) is 6.77. The number of likely N-dealkylation sites (tertiary alicyclic amines) is 1. The van der Waals surface area contributed by atoms with Crippen LogP contribution < -0.4 is 4.74 Å². The van der Waals surface area contributed by atoms with Crippen molar-refractivity contribution < 1.29 is 19.4 Å². The van der Waals surface area contributed by atoms with E-state index in [1.807, 2.05) is 30.3 Å². The van der Waals surface area contributed by atoms with Gasteiger partial charge in [0.25, 0.3) is 0 Å². The van der Waals surface area contributed by atoms with Crippen LogP contribution in [-0.4, -0.2) is 41.6 Å². The first kappa shape index (κ1) is 14.4. The molecule has 1 aliphatic heterocycles. The third kappa shape index (κ3) is 3.50. The minimum absolute atomic E-state index is 0.0373. The Morgan fingerprint density at radius 1 is 1.40 bits per heavy atom. The standard InChI is InChI=1S/C15H19NO4/c1-11(10-20-13-5-3-2-4-6-13)14(17)16-8-7-12(9-16)15(18)19/h2-6,11-12H,7-10H2,1H3,(H,18,19)/t11-,12-/m0/s1. The molecule has 5 heteroatoms. The van der Waals surface area contributed by atoms with Gasteiger partial charge in [0.2, 0.25) is 5.91 Å². The summed E-state index contributed by atoms with van der Waals surface area (Å²) in [6, 6.07) is 9.33. The zero-order valence-corrected chi connectivity index (χ0v) is 11.5. The van der Waals surface area contributed by atoms with Gasteiger partial charge in [-0.05, 0) is 18.6 Å². The molecule has 0 unspecified atom stereocenters.